The molecule has 1 rings (SSSR count). The molecule has 0 aliphatic carbocycles. The number of pyridine rings is 1. The average molecular weight is 417 g/mol. The first-order chi connectivity index (χ1) is 13.9. The Labute approximate surface area is 180 Å². The summed E-state index contributed by atoms with van der Waals surface area (Å²) in [7, 11) is 1.42. The molecular formula is C24H36N2O2S. The molecule has 0 spiro atoms. The van der Waals surface area contributed by atoms with Gasteiger partial charge in [-0.2, -0.15) is 11.8 Å². The summed E-state index contributed by atoms with van der Waals surface area (Å²) < 4.78 is 4.91. The van der Waals surface area contributed by atoms with Crippen molar-refractivity contribution in [1.82, 2.24) is 4.98 Å². The summed E-state index contributed by atoms with van der Waals surface area (Å²) in [6, 6.07) is 5.18. The first-order valence-electron chi connectivity index (χ1n) is 10.2. The highest BCUT2D eigenvalue weighted by Gasteiger charge is 2.19. The van der Waals surface area contributed by atoms with Gasteiger partial charge in [-0.1, -0.05) is 41.0 Å². The molecule has 0 bridgehead atoms. The molecule has 160 valence electrons. The molecule has 0 aliphatic rings. The van der Waals surface area contributed by atoms with Crippen LogP contribution in [0.3, 0.4) is 0 Å². The van der Waals surface area contributed by atoms with Crippen LogP contribution in [0, 0.1) is 0 Å². The van der Waals surface area contributed by atoms with Crippen LogP contribution in [-0.2, 0) is 9.53 Å². The highest BCUT2D eigenvalue weighted by Crippen LogP contribution is 2.14. The van der Waals surface area contributed by atoms with Crippen molar-refractivity contribution in [2.75, 3.05) is 23.9 Å². The van der Waals surface area contributed by atoms with Crippen molar-refractivity contribution in [1.29, 1.82) is 0 Å². The number of ether oxygens (including phenoxy) is 1. The smallest absolute Gasteiger partial charge is 0.329 e. The fourth-order valence-electron chi connectivity index (χ4n) is 2.66. The van der Waals surface area contributed by atoms with E-state index in [9.17, 15) is 4.79 Å². The van der Waals surface area contributed by atoms with Crippen LogP contribution in [0.15, 0.2) is 59.3 Å². The SMILES string of the molecule is COC(=O)C(CSC/C=C(\C)CC/C=C(\C)CCC=C(C)C)Nc1ccccn1. The third kappa shape index (κ3) is 12.2. The highest BCUT2D eigenvalue weighted by atomic mass is 32.2. The zero-order chi connectivity index (χ0) is 21.5. The number of nitrogens with zero attached hydrogens (tertiary/aromatic N) is 1. The summed E-state index contributed by atoms with van der Waals surface area (Å²) in [5.74, 6) is 1.93. The largest absolute Gasteiger partial charge is 0.467 e. The minimum atomic E-state index is -0.403. The van der Waals surface area contributed by atoms with E-state index in [1.807, 2.05) is 18.2 Å². The number of thioether (sulfide) groups is 1. The van der Waals surface area contributed by atoms with Gasteiger partial charge in [0.1, 0.15) is 11.9 Å². The lowest BCUT2D eigenvalue weighted by atomic mass is 10.1. The Kier molecular flexibility index (Phi) is 12.9. The van der Waals surface area contributed by atoms with Gasteiger partial charge in [0.05, 0.1) is 7.11 Å². The van der Waals surface area contributed by atoms with Crippen LogP contribution in [0.5, 0.6) is 0 Å². The van der Waals surface area contributed by atoms with E-state index in [4.69, 9.17) is 4.74 Å². The number of rotatable bonds is 13. The van der Waals surface area contributed by atoms with Gasteiger partial charge in [-0.25, -0.2) is 9.78 Å². The first-order valence-corrected chi connectivity index (χ1v) is 11.4. The lowest BCUT2D eigenvalue weighted by Gasteiger charge is -2.16. The van der Waals surface area contributed by atoms with Crippen LogP contribution in [0.25, 0.3) is 0 Å². The molecule has 1 N–H and O–H groups in total. The number of anilines is 1. The second kappa shape index (κ2) is 14.9. The van der Waals surface area contributed by atoms with Crippen LogP contribution in [0.1, 0.15) is 53.4 Å². The third-order valence-corrected chi connectivity index (χ3v) is 5.40. The molecule has 5 heteroatoms. The molecule has 1 aromatic rings. The Balaban J connectivity index is 2.36. The highest BCUT2D eigenvalue weighted by molar-refractivity contribution is 7.99. The van der Waals surface area contributed by atoms with E-state index in [0.717, 1.165) is 31.4 Å². The van der Waals surface area contributed by atoms with Crippen LogP contribution < -0.4 is 5.32 Å². The van der Waals surface area contributed by atoms with Crippen molar-refractivity contribution in [3.05, 3.63) is 59.3 Å². The molecule has 0 saturated heterocycles. The van der Waals surface area contributed by atoms with Gasteiger partial charge in [-0.3, -0.25) is 0 Å². The third-order valence-electron chi connectivity index (χ3n) is 4.43. The van der Waals surface area contributed by atoms with Gasteiger partial charge >= 0.3 is 5.97 Å². The Morgan fingerprint density at radius 3 is 2.41 bits per heavy atom. The molecular weight excluding hydrogens is 380 g/mol. The lowest BCUT2D eigenvalue weighted by Crippen LogP contribution is -2.33. The van der Waals surface area contributed by atoms with Gasteiger partial charge in [0.15, 0.2) is 0 Å². The molecule has 0 amide bonds. The second-order valence-corrected chi connectivity index (χ2v) is 8.51. The normalized spacial score (nSPS) is 13.0. The van der Waals surface area contributed by atoms with Crippen LogP contribution in [0.2, 0.25) is 0 Å². The number of methoxy groups -OCH3 is 1. The van der Waals surface area contributed by atoms with E-state index < -0.39 is 6.04 Å². The first kappa shape index (κ1) is 25.0. The fourth-order valence-corrected chi connectivity index (χ4v) is 3.66. The minimum absolute atomic E-state index is 0.266. The predicted octanol–water partition coefficient (Wildman–Crippen LogP) is 6.19. The fraction of sp³-hybridized carbons (Fsp3) is 0.500. The van der Waals surface area contributed by atoms with E-state index in [2.05, 4.69) is 56.2 Å². The number of hydrogen-bond acceptors (Lipinski definition) is 5. The van der Waals surface area contributed by atoms with Crippen molar-refractivity contribution in [3.63, 3.8) is 0 Å². The van der Waals surface area contributed by atoms with Crippen molar-refractivity contribution in [2.45, 2.75) is 59.4 Å². The zero-order valence-electron chi connectivity index (χ0n) is 18.5. The summed E-state index contributed by atoms with van der Waals surface area (Å²) >= 11 is 1.72. The number of nitrogens with one attached hydrogen (secondary N) is 1. The number of hydrogen-bond donors (Lipinski definition) is 1. The average Bonchev–Trinajstić information content (AvgIpc) is 2.70. The molecule has 1 unspecified atom stereocenters. The van der Waals surface area contributed by atoms with Gasteiger partial charge in [0.25, 0.3) is 0 Å². The maximum absolute atomic E-state index is 12.0. The van der Waals surface area contributed by atoms with Crippen LogP contribution in [0.4, 0.5) is 5.82 Å². The lowest BCUT2D eigenvalue weighted by molar-refractivity contribution is -0.140. The Bertz CT molecular complexity index is 692. The molecule has 0 saturated carbocycles. The maximum Gasteiger partial charge on any atom is 0.329 e. The topological polar surface area (TPSA) is 51.2 Å². The second-order valence-electron chi connectivity index (χ2n) is 7.43. The molecule has 4 nitrogen and oxygen atoms in total. The molecule has 1 aromatic heterocycles. The minimum Gasteiger partial charge on any atom is -0.467 e. The Hall–Kier alpha value is -2.01. The number of allylic oxidation sites excluding steroid dienone is 5. The Morgan fingerprint density at radius 2 is 1.79 bits per heavy atom. The van der Waals surface area contributed by atoms with Gasteiger partial charge < -0.3 is 10.1 Å². The predicted molar refractivity (Wildman–Crippen MR) is 126 cm³/mol. The van der Waals surface area contributed by atoms with Crippen LogP contribution >= 0.6 is 11.8 Å². The standard InChI is InChI=1S/C24H36N2O2S/c1-19(2)10-8-11-20(3)12-9-13-21(4)15-17-29-18-22(24(27)28-5)26-23-14-6-7-16-25-23/h6-7,10,12,14-16,22H,8-9,11,13,17-18H2,1-5H3,(H,25,26)/b20-12+,21-15+. The number of carbonyl (C=O) groups excluding carboxylic acids is 1. The van der Waals surface area contributed by atoms with Gasteiger partial charge in [-0.05, 0) is 65.5 Å². The van der Waals surface area contributed by atoms with E-state index in [1.165, 1.54) is 23.8 Å². The molecule has 1 heterocycles. The zero-order valence-corrected chi connectivity index (χ0v) is 19.3. The van der Waals surface area contributed by atoms with Crippen molar-refractivity contribution in [2.24, 2.45) is 0 Å². The van der Waals surface area contributed by atoms with E-state index in [0.29, 0.717) is 11.6 Å². The monoisotopic (exact) mass is 416 g/mol. The molecule has 0 radical (unpaired) electrons. The summed E-state index contributed by atoms with van der Waals surface area (Å²) in [5.41, 5.74) is 4.24. The van der Waals surface area contributed by atoms with Crippen molar-refractivity contribution < 1.29 is 9.53 Å². The van der Waals surface area contributed by atoms with Crippen molar-refractivity contribution >= 4 is 23.5 Å². The number of carbonyl (C=O) groups is 1. The molecule has 0 aliphatic heterocycles. The Morgan fingerprint density at radius 1 is 1.10 bits per heavy atom. The van der Waals surface area contributed by atoms with E-state index in [1.54, 1.807) is 18.0 Å². The molecule has 0 fully saturated rings. The molecule has 29 heavy (non-hydrogen) atoms. The van der Waals surface area contributed by atoms with Crippen molar-refractivity contribution in [3.8, 4) is 0 Å². The molecule has 1 atom stereocenters. The quantitative estimate of drug-likeness (QED) is 0.236. The van der Waals surface area contributed by atoms with E-state index >= 15 is 0 Å². The number of esters is 1. The van der Waals surface area contributed by atoms with Gasteiger partial charge in [0.2, 0.25) is 0 Å². The van der Waals surface area contributed by atoms with Gasteiger partial charge in [-0.15, -0.1) is 0 Å². The summed E-state index contributed by atoms with van der Waals surface area (Å²) in [5, 5.41) is 3.15. The molecule has 0 aromatic carbocycles. The number of aromatic nitrogens is 1. The summed E-state index contributed by atoms with van der Waals surface area (Å²) in [6.07, 6.45) is 13.0. The summed E-state index contributed by atoms with van der Waals surface area (Å²) in [4.78, 5) is 16.2. The summed E-state index contributed by atoms with van der Waals surface area (Å²) in [6.45, 7) is 8.69. The van der Waals surface area contributed by atoms with E-state index in [-0.39, 0.29) is 5.97 Å². The van der Waals surface area contributed by atoms with Gasteiger partial charge in [0, 0.05) is 17.7 Å². The van der Waals surface area contributed by atoms with Crippen LogP contribution in [-0.4, -0.2) is 35.6 Å². The maximum atomic E-state index is 12.0.